The van der Waals surface area contributed by atoms with Gasteiger partial charge in [-0.15, -0.1) is 0 Å². The second-order valence-corrected chi connectivity index (χ2v) is 3.55. The van der Waals surface area contributed by atoms with Crippen molar-refractivity contribution in [3.05, 3.63) is 0 Å². The predicted octanol–water partition coefficient (Wildman–Crippen LogP) is 1.11. The lowest BCUT2D eigenvalue weighted by Gasteiger charge is -2.28. The number of halogens is 1. The molecule has 0 fully saturated rings. The first kappa shape index (κ1) is 17.7. The molecule has 0 bridgehead atoms. The molecular weight excluding hydrogens is 211 g/mol. The van der Waals surface area contributed by atoms with Crippen LogP contribution >= 0.6 is 0 Å². The Kier molecular flexibility index (Phi) is 12.0. The van der Waals surface area contributed by atoms with Crippen LogP contribution in [0.5, 0.6) is 0 Å². The number of ether oxygens (including phenoxy) is 1. The minimum Gasteiger partial charge on any atom is -0.371 e. The molecule has 0 aromatic heterocycles. The van der Waals surface area contributed by atoms with Crippen molar-refractivity contribution in [2.45, 2.75) is 39.5 Å². The summed E-state index contributed by atoms with van der Waals surface area (Å²) in [6.07, 6.45) is -0.722. The van der Waals surface area contributed by atoms with Gasteiger partial charge in [-0.1, -0.05) is 13.8 Å². The second-order valence-electron chi connectivity index (χ2n) is 3.55. The molecule has 4 nitrogen and oxygen atoms in total. The summed E-state index contributed by atoms with van der Waals surface area (Å²) in [6.45, 7) is 8.44. The molecule has 1 unspecified atom stereocenters. The molecule has 0 spiro atoms. The molecule has 2 N–H and O–H groups in total. The fraction of sp³-hybridized carbons (Fsp3) is 0.909. The Morgan fingerprint density at radius 1 is 1.44 bits per heavy atom. The fourth-order valence-corrected chi connectivity index (χ4v) is 0.904. The normalized spacial score (nSPS) is 12.4. The Hall–Kier alpha value is -0.680. The molecule has 98 valence electrons. The van der Waals surface area contributed by atoms with Gasteiger partial charge in [0.2, 0.25) is 6.41 Å². The monoisotopic (exact) mass is 236 g/mol. The number of alkyl halides is 1. The van der Waals surface area contributed by atoms with E-state index < -0.39 is 11.8 Å². The van der Waals surface area contributed by atoms with Crippen LogP contribution in [0.15, 0.2) is 0 Å². The average Bonchev–Trinajstić information content (AvgIpc) is 2.28. The maximum Gasteiger partial charge on any atom is 0.207 e. The summed E-state index contributed by atoms with van der Waals surface area (Å²) in [5, 5.41) is 5.20. The molecule has 0 rings (SSSR count). The van der Waals surface area contributed by atoms with Gasteiger partial charge in [0.05, 0.1) is 18.8 Å². The molecule has 0 aliphatic rings. The zero-order chi connectivity index (χ0) is 13.0. The predicted molar refractivity (Wildman–Crippen MR) is 64.3 cm³/mol. The molecule has 1 amide bonds. The van der Waals surface area contributed by atoms with Crippen molar-refractivity contribution in [3.8, 4) is 0 Å². The van der Waals surface area contributed by atoms with Gasteiger partial charge in [-0.05, 0) is 20.9 Å². The third kappa shape index (κ3) is 8.61. The highest BCUT2D eigenvalue weighted by molar-refractivity contribution is 5.45. The van der Waals surface area contributed by atoms with Gasteiger partial charge in [0.1, 0.15) is 6.17 Å². The molecule has 0 aliphatic carbocycles. The third-order valence-electron chi connectivity index (χ3n) is 1.96. The molecule has 0 aliphatic heterocycles. The minimum absolute atomic E-state index is 0.0178. The van der Waals surface area contributed by atoms with Gasteiger partial charge in [-0.2, -0.15) is 0 Å². The van der Waals surface area contributed by atoms with Crippen LogP contribution in [0.1, 0.15) is 27.7 Å². The van der Waals surface area contributed by atoms with E-state index in [4.69, 9.17) is 4.74 Å². The van der Waals surface area contributed by atoms with Crippen molar-refractivity contribution in [2.24, 2.45) is 0 Å². The van der Waals surface area contributed by atoms with Crippen molar-refractivity contribution in [1.29, 1.82) is 0 Å². The van der Waals surface area contributed by atoms with Gasteiger partial charge in [0.15, 0.2) is 0 Å². The van der Waals surface area contributed by atoms with E-state index in [0.717, 1.165) is 0 Å². The SMILES string of the molecule is CC.CNCCOC(C)(C)C(F)CNC=O. The van der Waals surface area contributed by atoms with E-state index in [9.17, 15) is 9.18 Å². The van der Waals surface area contributed by atoms with Crippen LogP contribution in [0.3, 0.4) is 0 Å². The van der Waals surface area contributed by atoms with Crippen LogP contribution in [0.25, 0.3) is 0 Å². The maximum atomic E-state index is 13.4. The Morgan fingerprint density at radius 3 is 2.44 bits per heavy atom. The van der Waals surface area contributed by atoms with Crippen molar-refractivity contribution in [1.82, 2.24) is 10.6 Å². The highest BCUT2D eigenvalue weighted by atomic mass is 19.1. The van der Waals surface area contributed by atoms with Crippen LogP contribution in [0, 0.1) is 0 Å². The number of carbonyl (C=O) groups excluding carboxylic acids is 1. The summed E-state index contributed by atoms with van der Waals surface area (Å²) in [4.78, 5) is 9.97. The standard InChI is InChI=1S/C9H19FN2O2.C2H6/c1-9(2,14-5-4-11-3)8(10)6-12-7-13;1-2/h7-8,11H,4-6H2,1-3H3,(H,12,13);1-2H3. The van der Waals surface area contributed by atoms with E-state index >= 15 is 0 Å². The topological polar surface area (TPSA) is 50.4 Å². The van der Waals surface area contributed by atoms with E-state index in [1.165, 1.54) is 0 Å². The van der Waals surface area contributed by atoms with Crippen molar-refractivity contribution in [2.75, 3.05) is 26.7 Å². The number of amides is 1. The van der Waals surface area contributed by atoms with Gasteiger partial charge in [-0.25, -0.2) is 4.39 Å². The van der Waals surface area contributed by atoms with E-state index in [1.807, 2.05) is 13.8 Å². The van der Waals surface area contributed by atoms with Crippen LogP contribution in [-0.4, -0.2) is 44.9 Å². The van der Waals surface area contributed by atoms with Gasteiger partial charge in [0.25, 0.3) is 0 Å². The van der Waals surface area contributed by atoms with Gasteiger partial charge < -0.3 is 15.4 Å². The molecule has 16 heavy (non-hydrogen) atoms. The van der Waals surface area contributed by atoms with Crippen LogP contribution in [-0.2, 0) is 9.53 Å². The summed E-state index contributed by atoms with van der Waals surface area (Å²) in [5.74, 6) is 0. The summed E-state index contributed by atoms with van der Waals surface area (Å²) in [6, 6.07) is 0. The Bertz CT molecular complexity index is 166. The Morgan fingerprint density at radius 2 is 2.00 bits per heavy atom. The summed E-state index contributed by atoms with van der Waals surface area (Å²) in [7, 11) is 1.80. The van der Waals surface area contributed by atoms with Crippen molar-refractivity contribution < 1.29 is 13.9 Å². The Labute approximate surface area is 97.9 Å². The average molecular weight is 236 g/mol. The van der Waals surface area contributed by atoms with Crippen LogP contribution < -0.4 is 10.6 Å². The van der Waals surface area contributed by atoms with Crippen molar-refractivity contribution >= 4 is 6.41 Å². The molecule has 0 radical (unpaired) electrons. The fourth-order valence-electron chi connectivity index (χ4n) is 0.904. The number of likely N-dealkylation sites (N-methyl/N-ethyl adjacent to an activating group) is 1. The Balaban J connectivity index is 0. The lowest BCUT2D eigenvalue weighted by molar-refractivity contribution is -0.111. The van der Waals surface area contributed by atoms with Crippen LogP contribution in [0.4, 0.5) is 4.39 Å². The largest absolute Gasteiger partial charge is 0.371 e. The number of nitrogens with one attached hydrogen (secondary N) is 2. The second kappa shape index (κ2) is 10.8. The number of hydrogen-bond donors (Lipinski definition) is 2. The van der Waals surface area contributed by atoms with Crippen molar-refractivity contribution in [3.63, 3.8) is 0 Å². The molecule has 1 atom stereocenters. The summed E-state index contributed by atoms with van der Waals surface area (Å²) < 4.78 is 18.8. The number of rotatable bonds is 8. The summed E-state index contributed by atoms with van der Waals surface area (Å²) in [5.41, 5.74) is -0.868. The molecule has 0 heterocycles. The molecular formula is C11H25FN2O2. The minimum atomic E-state index is -1.20. The lowest BCUT2D eigenvalue weighted by Crippen LogP contribution is -2.43. The van der Waals surface area contributed by atoms with Gasteiger partial charge in [-0.3, -0.25) is 4.79 Å². The first-order chi connectivity index (χ1) is 7.54. The van der Waals surface area contributed by atoms with Gasteiger partial charge in [0, 0.05) is 6.54 Å². The van der Waals surface area contributed by atoms with E-state index in [0.29, 0.717) is 19.6 Å². The quantitative estimate of drug-likeness (QED) is 0.490. The summed E-state index contributed by atoms with van der Waals surface area (Å²) >= 11 is 0. The third-order valence-corrected chi connectivity index (χ3v) is 1.96. The zero-order valence-corrected chi connectivity index (χ0v) is 11.0. The molecule has 0 aromatic carbocycles. The van der Waals surface area contributed by atoms with E-state index in [-0.39, 0.29) is 6.54 Å². The molecule has 0 saturated carbocycles. The van der Waals surface area contributed by atoms with Gasteiger partial charge >= 0.3 is 0 Å². The highest BCUT2D eigenvalue weighted by Gasteiger charge is 2.29. The number of hydrogen-bond acceptors (Lipinski definition) is 3. The first-order valence-corrected chi connectivity index (χ1v) is 5.64. The zero-order valence-electron chi connectivity index (χ0n) is 11.0. The molecule has 0 aromatic rings. The number of carbonyl (C=O) groups is 1. The molecule has 5 heteroatoms. The first-order valence-electron chi connectivity index (χ1n) is 5.64. The van der Waals surface area contributed by atoms with Crippen LogP contribution in [0.2, 0.25) is 0 Å². The highest BCUT2D eigenvalue weighted by Crippen LogP contribution is 2.17. The smallest absolute Gasteiger partial charge is 0.207 e. The van der Waals surface area contributed by atoms with E-state index in [2.05, 4.69) is 10.6 Å². The van der Waals surface area contributed by atoms with E-state index in [1.54, 1.807) is 20.9 Å². The maximum absolute atomic E-state index is 13.4. The molecule has 0 saturated heterocycles. The lowest BCUT2D eigenvalue weighted by atomic mass is 10.0.